The average molecular weight is 786 g/mol. The second-order valence-corrected chi connectivity index (χ2v) is 15.1. The molecule has 57 heavy (non-hydrogen) atoms. The van der Waals surface area contributed by atoms with Gasteiger partial charge in [0.05, 0.1) is 12.6 Å². The van der Waals surface area contributed by atoms with Gasteiger partial charge >= 0.3 is 12.1 Å². The van der Waals surface area contributed by atoms with E-state index >= 15 is 0 Å². The number of aromatic amines is 1. The topological polar surface area (TPSA) is 190 Å². The molecular formula is C42H55N7O8. The molecule has 0 bridgehead atoms. The average Bonchev–Trinajstić information content (AvgIpc) is 3.70. The highest BCUT2D eigenvalue weighted by Gasteiger charge is 2.41. The number of nitrogens with one attached hydrogen (secondary N) is 3. The standard InChI is InChI=1S/C42H55N7O8/c1-30(31-12-14-35(15-13-31)56-27-7-5-6-24-54-25-9-26-55-29-36(50)51)44-38(52)33-10-8-11-34(28-33)46-42(18-22-49(23-19-42)40(53)57-41(2,3)4)39-45-37(47-48-39)32-16-20-43-21-17-32/h8,10-17,20-21,28,30,46H,5-7,9,18-19,22-27,29H2,1-4H3,(H,44,52)(H,50,51)(H,45,47,48)/t30-/m1/s1. The van der Waals surface area contributed by atoms with Crippen molar-refractivity contribution in [2.45, 2.75) is 83.4 Å². The number of piperidine rings is 1. The van der Waals surface area contributed by atoms with Gasteiger partial charge in [0.2, 0.25) is 0 Å². The van der Waals surface area contributed by atoms with E-state index in [4.69, 9.17) is 29.0 Å². The molecule has 0 radical (unpaired) electrons. The molecule has 2 amide bonds. The maximum atomic E-state index is 13.5. The third-order valence-corrected chi connectivity index (χ3v) is 9.39. The van der Waals surface area contributed by atoms with Crippen molar-refractivity contribution in [2.75, 3.05) is 51.4 Å². The fourth-order valence-electron chi connectivity index (χ4n) is 6.35. The van der Waals surface area contributed by atoms with Crippen molar-refractivity contribution in [2.24, 2.45) is 0 Å². The zero-order valence-electron chi connectivity index (χ0n) is 33.3. The molecule has 2 aromatic heterocycles. The molecular weight excluding hydrogens is 731 g/mol. The van der Waals surface area contributed by atoms with E-state index in [2.05, 4.69) is 25.8 Å². The lowest BCUT2D eigenvalue weighted by Gasteiger charge is -2.41. The summed E-state index contributed by atoms with van der Waals surface area (Å²) in [5.41, 5.74) is 1.70. The van der Waals surface area contributed by atoms with Gasteiger partial charge in [-0.2, -0.15) is 5.10 Å². The lowest BCUT2D eigenvalue weighted by molar-refractivity contribution is -0.142. The summed E-state index contributed by atoms with van der Waals surface area (Å²) in [7, 11) is 0. The quantitative estimate of drug-likeness (QED) is 0.0691. The third kappa shape index (κ3) is 13.3. The molecule has 1 aliphatic heterocycles. The molecule has 0 unspecified atom stereocenters. The fraction of sp³-hybridized carbons (Fsp3) is 0.476. The molecule has 4 aromatic rings. The van der Waals surface area contributed by atoms with Crippen LogP contribution in [0.25, 0.3) is 11.4 Å². The van der Waals surface area contributed by atoms with Gasteiger partial charge in [0, 0.05) is 62.1 Å². The second kappa shape index (κ2) is 20.6. The number of pyridine rings is 1. The van der Waals surface area contributed by atoms with E-state index in [1.165, 1.54) is 0 Å². The van der Waals surface area contributed by atoms with E-state index in [1.807, 2.05) is 82.3 Å². The fourth-order valence-corrected chi connectivity index (χ4v) is 6.35. The summed E-state index contributed by atoms with van der Waals surface area (Å²) in [6.07, 6.45) is 7.52. The molecule has 15 nitrogen and oxygen atoms in total. The van der Waals surface area contributed by atoms with Gasteiger partial charge in [-0.25, -0.2) is 14.6 Å². The predicted molar refractivity (Wildman–Crippen MR) is 214 cm³/mol. The van der Waals surface area contributed by atoms with Crippen LogP contribution in [0.1, 0.15) is 94.0 Å². The number of hydrogen-bond acceptors (Lipinski definition) is 11. The molecule has 5 rings (SSSR count). The van der Waals surface area contributed by atoms with Crippen molar-refractivity contribution in [3.8, 4) is 17.1 Å². The first-order chi connectivity index (χ1) is 27.4. The van der Waals surface area contributed by atoms with Gasteiger partial charge in [-0.15, -0.1) is 0 Å². The minimum atomic E-state index is -0.968. The molecule has 4 N–H and O–H groups in total. The number of amides is 2. The summed E-state index contributed by atoms with van der Waals surface area (Å²) in [5, 5.41) is 23.0. The van der Waals surface area contributed by atoms with Crippen LogP contribution < -0.4 is 15.4 Å². The molecule has 1 saturated heterocycles. The molecule has 2 aromatic carbocycles. The Bertz CT molecular complexity index is 1870. The number of ether oxygens (including phenoxy) is 4. The number of rotatable bonds is 20. The monoisotopic (exact) mass is 785 g/mol. The number of H-pyrrole nitrogens is 1. The van der Waals surface area contributed by atoms with Gasteiger partial charge < -0.3 is 39.6 Å². The number of aliphatic carboxylic acids is 1. The summed E-state index contributed by atoms with van der Waals surface area (Å²) >= 11 is 0. The van der Waals surface area contributed by atoms with E-state index in [-0.39, 0.29) is 24.6 Å². The number of likely N-dealkylation sites (tertiary alicyclic amines) is 1. The van der Waals surface area contributed by atoms with Crippen molar-refractivity contribution in [1.82, 2.24) is 30.4 Å². The van der Waals surface area contributed by atoms with Crippen molar-refractivity contribution < 1.29 is 38.4 Å². The molecule has 1 aliphatic rings. The van der Waals surface area contributed by atoms with Gasteiger partial charge in [-0.05, 0) is 114 Å². The number of unbranched alkanes of at least 4 members (excludes halogenated alkanes) is 2. The van der Waals surface area contributed by atoms with Gasteiger partial charge in [0.15, 0.2) is 11.6 Å². The maximum absolute atomic E-state index is 13.5. The van der Waals surface area contributed by atoms with Gasteiger partial charge in [0.25, 0.3) is 5.91 Å². The third-order valence-electron chi connectivity index (χ3n) is 9.39. The molecule has 0 aliphatic carbocycles. The van der Waals surface area contributed by atoms with E-state index in [0.29, 0.717) is 76.0 Å². The van der Waals surface area contributed by atoms with Crippen LogP contribution in [0.5, 0.6) is 5.75 Å². The largest absolute Gasteiger partial charge is 0.494 e. The summed E-state index contributed by atoms with van der Waals surface area (Å²) in [4.78, 5) is 47.6. The summed E-state index contributed by atoms with van der Waals surface area (Å²) < 4.78 is 22.1. The van der Waals surface area contributed by atoms with Crippen LogP contribution in [0.15, 0.2) is 73.1 Å². The normalized spacial score (nSPS) is 14.4. The number of hydrogen-bond donors (Lipinski definition) is 4. The minimum Gasteiger partial charge on any atom is -0.494 e. The molecule has 0 spiro atoms. The molecule has 1 fully saturated rings. The molecule has 15 heteroatoms. The van der Waals surface area contributed by atoms with Crippen LogP contribution in [0.4, 0.5) is 10.5 Å². The zero-order valence-corrected chi connectivity index (χ0v) is 33.3. The Morgan fingerprint density at radius 2 is 1.61 bits per heavy atom. The minimum absolute atomic E-state index is 0.213. The Balaban J connectivity index is 1.13. The summed E-state index contributed by atoms with van der Waals surface area (Å²) in [6, 6.07) is 18.5. The van der Waals surface area contributed by atoms with Crippen molar-refractivity contribution in [3.05, 3.63) is 90.0 Å². The molecule has 306 valence electrons. The lowest BCUT2D eigenvalue weighted by atomic mass is 9.86. The van der Waals surface area contributed by atoms with Gasteiger partial charge in [-0.1, -0.05) is 18.2 Å². The lowest BCUT2D eigenvalue weighted by Crippen LogP contribution is -2.50. The number of nitrogens with zero attached hydrogens (tertiary/aromatic N) is 4. The van der Waals surface area contributed by atoms with Crippen LogP contribution in [0.3, 0.4) is 0 Å². The van der Waals surface area contributed by atoms with Crippen LogP contribution in [0, 0.1) is 0 Å². The SMILES string of the molecule is C[C@@H](NC(=O)c1cccc(NC2(c3nc(-c4ccncc4)n[nH]3)CCN(C(=O)OC(C)(C)C)CC2)c1)c1ccc(OCCCCCOCCCOCC(=O)O)cc1. The highest BCUT2D eigenvalue weighted by atomic mass is 16.6. The van der Waals surface area contributed by atoms with Gasteiger partial charge in [0.1, 0.15) is 23.5 Å². The number of carboxylic acid groups (broad SMARTS) is 1. The van der Waals surface area contributed by atoms with Crippen LogP contribution in [-0.4, -0.2) is 99.9 Å². The Morgan fingerprint density at radius 3 is 2.33 bits per heavy atom. The molecule has 3 heterocycles. The Hall–Kier alpha value is -5.54. The number of carbonyl (C=O) groups is 3. The van der Waals surface area contributed by atoms with E-state index in [1.54, 1.807) is 23.4 Å². The number of aromatic nitrogens is 4. The van der Waals surface area contributed by atoms with E-state index in [9.17, 15) is 14.4 Å². The summed E-state index contributed by atoms with van der Waals surface area (Å²) in [6.45, 7) is 10.2. The number of carboxylic acids is 1. The van der Waals surface area contributed by atoms with Crippen LogP contribution in [-0.2, 0) is 24.5 Å². The number of benzene rings is 2. The van der Waals surface area contributed by atoms with Crippen LogP contribution >= 0.6 is 0 Å². The first-order valence-electron chi connectivity index (χ1n) is 19.5. The summed E-state index contributed by atoms with van der Waals surface area (Å²) in [5.74, 6) is 0.757. The van der Waals surface area contributed by atoms with E-state index in [0.717, 1.165) is 41.8 Å². The Morgan fingerprint density at radius 1 is 0.912 bits per heavy atom. The number of anilines is 1. The van der Waals surface area contributed by atoms with Crippen molar-refractivity contribution in [3.63, 3.8) is 0 Å². The predicted octanol–water partition coefficient (Wildman–Crippen LogP) is 6.75. The zero-order chi connectivity index (χ0) is 40.7. The highest BCUT2D eigenvalue weighted by molar-refractivity contribution is 5.95. The van der Waals surface area contributed by atoms with E-state index < -0.39 is 17.1 Å². The van der Waals surface area contributed by atoms with Gasteiger partial charge in [-0.3, -0.25) is 14.9 Å². The van der Waals surface area contributed by atoms with Crippen molar-refractivity contribution in [1.29, 1.82) is 0 Å². The smallest absolute Gasteiger partial charge is 0.410 e. The number of carbonyl (C=O) groups excluding carboxylic acids is 2. The van der Waals surface area contributed by atoms with Crippen molar-refractivity contribution >= 4 is 23.7 Å². The molecule has 0 saturated carbocycles. The second-order valence-electron chi connectivity index (χ2n) is 15.1. The first-order valence-corrected chi connectivity index (χ1v) is 19.5. The Labute approximate surface area is 333 Å². The van der Waals surface area contributed by atoms with Crippen LogP contribution in [0.2, 0.25) is 0 Å². The Kier molecular flexibility index (Phi) is 15.4. The molecule has 1 atom stereocenters. The first kappa shape index (κ1) is 42.6. The highest BCUT2D eigenvalue weighted by Crippen LogP contribution is 2.36. The maximum Gasteiger partial charge on any atom is 0.410 e.